The second-order valence-corrected chi connectivity index (χ2v) is 3.02. The van der Waals surface area contributed by atoms with E-state index in [1.807, 2.05) is 13.0 Å². The Morgan fingerprint density at radius 1 is 1.58 bits per heavy atom. The van der Waals surface area contributed by atoms with Crippen LogP contribution in [0.1, 0.15) is 15.9 Å². The van der Waals surface area contributed by atoms with Gasteiger partial charge in [-0.15, -0.1) is 0 Å². The zero-order valence-electron chi connectivity index (χ0n) is 6.80. The molecule has 0 saturated carbocycles. The molecule has 0 fully saturated rings. The van der Waals surface area contributed by atoms with Gasteiger partial charge in [0.05, 0.1) is 12.9 Å². The van der Waals surface area contributed by atoms with Crippen LogP contribution in [0.25, 0.3) is 0 Å². The third kappa shape index (κ3) is 1.89. The van der Waals surface area contributed by atoms with Crippen LogP contribution in [-0.2, 0) is 0 Å². The van der Waals surface area contributed by atoms with Crippen molar-refractivity contribution in [1.29, 1.82) is 0 Å². The van der Waals surface area contributed by atoms with Crippen molar-refractivity contribution >= 4 is 25.2 Å². The molecule has 0 aliphatic rings. The molecule has 0 aliphatic heterocycles. The average molecular weight is 178 g/mol. The average Bonchev–Trinajstić information content (AvgIpc) is 2.03. The predicted octanol–water partition coefficient (Wildman–Crippen LogP) is 2.42. The second-order valence-electron chi connectivity index (χ2n) is 2.61. The number of benzene rings is 1. The maximum Gasteiger partial charge on any atom is 0.155 e. The van der Waals surface area contributed by atoms with Gasteiger partial charge in [-0.25, -0.2) is 0 Å². The van der Waals surface area contributed by atoms with Gasteiger partial charge in [-0.05, 0) is 30.9 Å². The highest BCUT2D eigenvalue weighted by Gasteiger charge is 2.06. The molecule has 0 unspecified atom stereocenters. The summed E-state index contributed by atoms with van der Waals surface area (Å²) in [6.45, 7) is 1.92. The molecule has 2 radical (unpaired) electrons. The van der Waals surface area contributed by atoms with Crippen LogP contribution in [0.4, 0.5) is 0 Å². The highest BCUT2D eigenvalue weighted by atomic mass is 35.5. The molecule has 1 nitrogen and oxygen atoms in total. The minimum atomic E-state index is -0.125. The number of rotatable bonds is 2. The summed E-state index contributed by atoms with van der Waals surface area (Å²) in [5, 5.41) is 0.477. The van der Waals surface area contributed by atoms with E-state index in [0.29, 0.717) is 10.6 Å². The van der Waals surface area contributed by atoms with Gasteiger partial charge in [0.2, 0.25) is 0 Å². The summed E-state index contributed by atoms with van der Waals surface area (Å²) in [7, 11) is 5.20. The van der Waals surface area contributed by atoms with E-state index >= 15 is 0 Å². The SMILES string of the molecule is [B]CC(=O)c1ccc(C)cc1Cl. The van der Waals surface area contributed by atoms with Crippen LogP contribution >= 0.6 is 11.6 Å². The van der Waals surface area contributed by atoms with E-state index in [9.17, 15) is 4.79 Å². The van der Waals surface area contributed by atoms with Crippen LogP contribution in [-0.4, -0.2) is 13.6 Å². The molecule has 1 rings (SSSR count). The molecule has 60 valence electrons. The molecule has 0 aliphatic carbocycles. The summed E-state index contributed by atoms with van der Waals surface area (Å²) in [5.41, 5.74) is 1.54. The summed E-state index contributed by atoms with van der Waals surface area (Å²) >= 11 is 5.83. The molecule has 3 heteroatoms. The van der Waals surface area contributed by atoms with Crippen molar-refractivity contribution in [3.05, 3.63) is 34.3 Å². The second kappa shape index (κ2) is 3.77. The van der Waals surface area contributed by atoms with E-state index < -0.39 is 0 Å². The molecule has 0 N–H and O–H groups in total. The summed E-state index contributed by atoms with van der Waals surface area (Å²) in [6.07, 6.45) is 0.00276. The topological polar surface area (TPSA) is 17.1 Å². The van der Waals surface area contributed by atoms with Crippen LogP contribution in [0.15, 0.2) is 18.2 Å². The minimum absolute atomic E-state index is 0.00276. The Hall–Kier alpha value is -0.755. The number of halogens is 1. The first-order valence-electron chi connectivity index (χ1n) is 3.64. The van der Waals surface area contributed by atoms with E-state index in [-0.39, 0.29) is 12.1 Å². The van der Waals surface area contributed by atoms with Crippen molar-refractivity contribution in [2.24, 2.45) is 0 Å². The van der Waals surface area contributed by atoms with Gasteiger partial charge >= 0.3 is 0 Å². The van der Waals surface area contributed by atoms with E-state index in [2.05, 4.69) is 0 Å². The lowest BCUT2D eigenvalue weighted by molar-refractivity contribution is 0.101. The van der Waals surface area contributed by atoms with Gasteiger partial charge in [0.1, 0.15) is 0 Å². The van der Waals surface area contributed by atoms with Gasteiger partial charge < -0.3 is 0 Å². The minimum Gasteiger partial charge on any atom is -0.295 e. The van der Waals surface area contributed by atoms with Crippen molar-refractivity contribution in [2.45, 2.75) is 13.2 Å². The van der Waals surface area contributed by atoms with Crippen LogP contribution in [0.5, 0.6) is 0 Å². The largest absolute Gasteiger partial charge is 0.295 e. The van der Waals surface area contributed by atoms with Crippen molar-refractivity contribution in [2.75, 3.05) is 0 Å². The molecule has 0 amide bonds. The first-order valence-corrected chi connectivity index (χ1v) is 4.02. The maximum absolute atomic E-state index is 11.1. The van der Waals surface area contributed by atoms with E-state index in [4.69, 9.17) is 19.4 Å². The molecule has 0 saturated heterocycles. The van der Waals surface area contributed by atoms with Gasteiger partial charge in [-0.3, -0.25) is 4.79 Å². The third-order valence-corrected chi connectivity index (χ3v) is 1.92. The lowest BCUT2D eigenvalue weighted by atomic mass is 9.95. The lowest BCUT2D eigenvalue weighted by Crippen LogP contribution is -1.98. The quantitative estimate of drug-likeness (QED) is 0.502. The van der Waals surface area contributed by atoms with Gasteiger partial charge in [0.15, 0.2) is 5.78 Å². The Kier molecular flexibility index (Phi) is 2.93. The summed E-state index contributed by atoms with van der Waals surface area (Å²) < 4.78 is 0. The fourth-order valence-electron chi connectivity index (χ4n) is 0.956. The standard InChI is InChI=1S/C9H8BClO/c1-6-2-3-7(8(11)4-6)9(12)5-10/h2-4H,5H2,1H3. The molecule has 0 atom stereocenters. The van der Waals surface area contributed by atoms with Gasteiger partial charge in [-0.2, -0.15) is 0 Å². The molecule has 0 bridgehead atoms. The highest BCUT2D eigenvalue weighted by molar-refractivity contribution is 6.35. The summed E-state index contributed by atoms with van der Waals surface area (Å²) in [4.78, 5) is 11.1. The van der Waals surface area contributed by atoms with Crippen LogP contribution in [0, 0.1) is 6.92 Å². The van der Waals surface area contributed by atoms with Crippen LogP contribution in [0.3, 0.4) is 0 Å². The lowest BCUT2D eigenvalue weighted by Gasteiger charge is -2.01. The van der Waals surface area contributed by atoms with E-state index in [1.54, 1.807) is 12.1 Å². The highest BCUT2D eigenvalue weighted by Crippen LogP contribution is 2.18. The zero-order valence-corrected chi connectivity index (χ0v) is 7.56. The summed E-state index contributed by atoms with van der Waals surface area (Å²) in [6, 6.07) is 5.30. The molecule has 0 spiro atoms. The smallest absolute Gasteiger partial charge is 0.155 e. The fraction of sp³-hybridized carbons (Fsp3) is 0.222. The molecule has 12 heavy (non-hydrogen) atoms. The number of hydrogen-bond donors (Lipinski definition) is 0. The van der Waals surface area contributed by atoms with E-state index in [0.717, 1.165) is 5.56 Å². The molecule has 1 aromatic rings. The Labute approximate surface area is 78.1 Å². The number of carbonyl (C=O) groups excluding carboxylic acids is 1. The third-order valence-electron chi connectivity index (χ3n) is 1.61. The zero-order chi connectivity index (χ0) is 9.14. The Morgan fingerprint density at radius 3 is 2.75 bits per heavy atom. The predicted molar refractivity (Wildman–Crippen MR) is 51.1 cm³/mol. The number of hydrogen-bond acceptors (Lipinski definition) is 1. The molecular formula is C9H8BClO. The summed E-state index contributed by atoms with van der Waals surface area (Å²) in [5.74, 6) is -0.125. The van der Waals surface area contributed by atoms with Crippen molar-refractivity contribution < 1.29 is 4.79 Å². The maximum atomic E-state index is 11.1. The fourth-order valence-corrected chi connectivity index (χ4v) is 1.30. The molecule has 1 aromatic carbocycles. The number of Topliss-reactive ketones (excluding diaryl/α,β-unsaturated/α-hetero) is 1. The van der Waals surface area contributed by atoms with Gasteiger partial charge in [0.25, 0.3) is 0 Å². The van der Waals surface area contributed by atoms with Crippen molar-refractivity contribution in [1.82, 2.24) is 0 Å². The van der Waals surface area contributed by atoms with Crippen LogP contribution < -0.4 is 0 Å². The number of aryl methyl sites for hydroxylation is 1. The molecule has 0 aromatic heterocycles. The van der Waals surface area contributed by atoms with Gasteiger partial charge in [0, 0.05) is 5.56 Å². The monoisotopic (exact) mass is 178 g/mol. The van der Waals surface area contributed by atoms with Crippen molar-refractivity contribution in [3.63, 3.8) is 0 Å². The normalized spacial score (nSPS) is 9.83. The van der Waals surface area contributed by atoms with Crippen molar-refractivity contribution in [3.8, 4) is 0 Å². The Morgan fingerprint density at radius 2 is 2.25 bits per heavy atom. The van der Waals surface area contributed by atoms with E-state index in [1.165, 1.54) is 0 Å². The number of carbonyl (C=O) groups is 1. The van der Waals surface area contributed by atoms with Gasteiger partial charge in [-0.1, -0.05) is 17.7 Å². The Balaban J connectivity index is 3.09. The first kappa shape index (κ1) is 9.33. The first-order chi connectivity index (χ1) is 5.65. The Bertz CT molecular complexity index is 309. The molecular weight excluding hydrogens is 170 g/mol. The number of ketones is 1. The van der Waals surface area contributed by atoms with Crippen LogP contribution in [0.2, 0.25) is 11.3 Å². The molecule has 0 heterocycles.